The molecule has 1 saturated heterocycles. The van der Waals surface area contributed by atoms with Crippen LogP contribution in [0.15, 0.2) is 28.7 Å². The Bertz CT molecular complexity index is 520. The van der Waals surface area contributed by atoms with E-state index in [0.29, 0.717) is 17.8 Å². The monoisotopic (exact) mass is 231 g/mol. The maximum atomic E-state index is 5.45. The van der Waals surface area contributed by atoms with E-state index in [1.54, 1.807) is 6.92 Å². The van der Waals surface area contributed by atoms with Crippen LogP contribution in [-0.2, 0) is 4.74 Å². The number of anilines is 1. The van der Waals surface area contributed by atoms with E-state index >= 15 is 0 Å². The number of hydrogen-bond acceptors (Lipinski definition) is 5. The third-order valence-corrected chi connectivity index (χ3v) is 2.68. The minimum absolute atomic E-state index is 0.375. The van der Waals surface area contributed by atoms with Crippen molar-refractivity contribution < 1.29 is 9.15 Å². The van der Waals surface area contributed by atoms with Gasteiger partial charge in [-0.1, -0.05) is 12.1 Å². The third-order valence-electron chi connectivity index (χ3n) is 2.68. The van der Waals surface area contributed by atoms with Crippen molar-refractivity contribution in [2.75, 3.05) is 18.5 Å². The molecule has 0 spiro atoms. The van der Waals surface area contributed by atoms with E-state index in [-0.39, 0.29) is 0 Å². The first-order valence-corrected chi connectivity index (χ1v) is 5.57. The first kappa shape index (κ1) is 10.3. The Labute approximate surface area is 98.8 Å². The normalized spacial score (nSPS) is 15.6. The van der Waals surface area contributed by atoms with E-state index in [0.717, 1.165) is 24.5 Å². The van der Waals surface area contributed by atoms with Crippen LogP contribution in [0.2, 0.25) is 0 Å². The number of hydrogen-bond donors (Lipinski definition) is 1. The van der Waals surface area contributed by atoms with Crippen molar-refractivity contribution >= 4 is 5.69 Å². The van der Waals surface area contributed by atoms with Crippen LogP contribution in [0, 0.1) is 6.92 Å². The molecule has 1 fully saturated rings. The highest BCUT2D eigenvalue weighted by Crippen LogP contribution is 2.27. The molecule has 5 heteroatoms. The highest BCUT2D eigenvalue weighted by molar-refractivity contribution is 5.72. The van der Waals surface area contributed by atoms with Gasteiger partial charge in [0, 0.05) is 12.6 Å². The van der Waals surface area contributed by atoms with Crippen LogP contribution in [0.5, 0.6) is 0 Å². The quantitative estimate of drug-likeness (QED) is 0.873. The number of ether oxygens (including phenoxy) is 1. The van der Waals surface area contributed by atoms with E-state index < -0.39 is 0 Å². The molecule has 2 aromatic rings. The van der Waals surface area contributed by atoms with Crippen LogP contribution in [0.1, 0.15) is 5.89 Å². The van der Waals surface area contributed by atoms with Gasteiger partial charge in [0.25, 0.3) is 0 Å². The molecule has 0 saturated carbocycles. The summed E-state index contributed by atoms with van der Waals surface area (Å²) in [5.74, 6) is 1.12. The maximum absolute atomic E-state index is 5.45. The summed E-state index contributed by atoms with van der Waals surface area (Å²) in [6.45, 7) is 3.28. The number of aryl methyl sites for hydroxylation is 1. The molecular formula is C12H13N3O2. The van der Waals surface area contributed by atoms with Crippen molar-refractivity contribution in [1.29, 1.82) is 0 Å². The van der Waals surface area contributed by atoms with Crippen molar-refractivity contribution in [3.8, 4) is 11.5 Å². The lowest BCUT2D eigenvalue weighted by Crippen LogP contribution is -2.40. The Morgan fingerprint density at radius 2 is 2.06 bits per heavy atom. The predicted molar refractivity (Wildman–Crippen MR) is 62.7 cm³/mol. The van der Waals surface area contributed by atoms with Crippen molar-refractivity contribution in [1.82, 2.24) is 10.2 Å². The fourth-order valence-electron chi connectivity index (χ4n) is 1.74. The number of rotatable bonds is 3. The lowest BCUT2D eigenvalue weighted by atomic mass is 10.1. The van der Waals surface area contributed by atoms with Crippen LogP contribution >= 0.6 is 0 Å². The van der Waals surface area contributed by atoms with Crippen molar-refractivity contribution in [2.45, 2.75) is 13.0 Å². The predicted octanol–water partition coefficient (Wildman–Crippen LogP) is 1.86. The molecule has 2 heterocycles. The van der Waals surface area contributed by atoms with Crippen LogP contribution in [0.25, 0.3) is 11.5 Å². The van der Waals surface area contributed by atoms with Crippen molar-refractivity contribution in [2.24, 2.45) is 0 Å². The summed E-state index contributed by atoms with van der Waals surface area (Å²) < 4.78 is 10.6. The van der Waals surface area contributed by atoms with Crippen LogP contribution in [-0.4, -0.2) is 29.5 Å². The molecule has 88 valence electrons. The standard InChI is InChI=1S/C12H13N3O2/c1-8-14-15-12(17-8)10-4-2-3-5-11(10)13-9-6-16-7-9/h2-5,9,13H,6-7H2,1H3. The largest absolute Gasteiger partial charge is 0.421 e. The van der Waals surface area contributed by atoms with Gasteiger partial charge in [-0.05, 0) is 12.1 Å². The molecule has 1 N–H and O–H groups in total. The lowest BCUT2D eigenvalue weighted by Gasteiger charge is -2.28. The van der Waals surface area contributed by atoms with E-state index in [2.05, 4.69) is 15.5 Å². The highest BCUT2D eigenvalue weighted by Gasteiger charge is 2.20. The molecule has 0 aliphatic carbocycles. The molecule has 1 aromatic carbocycles. The fourth-order valence-corrected chi connectivity index (χ4v) is 1.74. The summed E-state index contributed by atoms with van der Waals surface area (Å²) >= 11 is 0. The first-order valence-electron chi connectivity index (χ1n) is 5.57. The average Bonchev–Trinajstić information content (AvgIpc) is 2.71. The molecule has 0 bridgehead atoms. The van der Waals surface area contributed by atoms with Crippen molar-refractivity contribution in [3.05, 3.63) is 30.2 Å². The zero-order valence-corrected chi connectivity index (χ0v) is 9.51. The number of benzene rings is 1. The number of para-hydroxylation sites is 1. The van der Waals surface area contributed by atoms with Gasteiger partial charge >= 0.3 is 0 Å². The lowest BCUT2D eigenvalue weighted by molar-refractivity contribution is 0.0211. The summed E-state index contributed by atoms with van der Waals surface area (Å²) in [5, 5.41) is 11.3. The molecule has 1 aliphatic heterocycles. The molecule has 0 amide bonds. The summed E-state index contributed by atoms with van der Waals surface area (Å²) in [5.41, 5.74) is 1.93. The second-order valence-corrected chi connectivity index (χ2v) is 4.05. The van der Waals surface area contributed by atoms with Gasteiger partial charge in [0.05, 0.1) is 24.8 Å². The molecule has 0 atom stereocenters. The zero-order valence-electron chi connectivity index (χ0n) is 9.51. The molecule has 0 radical (unpaired) electrons. The fraction of sp³-hybridized carbons (Fsp3) is 0.333. The summed E-state index contributed by atoms with van der Waals surface area (Å²) in [7, 11) is 0. The second-order valence-electron chi connectivity index (χ2n) is 4.05. The minimum Gasteiger partial charge on any atom is -0.421 e. The van der Waals surface area contributed by atoms with E-state index in [9.17, 15) is 0 Å². The number of nitrogens with zero attached hydrogens (tertiary/aromatic N) is 2. The first-order chi connectivity index (χ1) is 8.33. The molecule has 1 aliphatic rings. The topological polar surface area (TPSA) is 60.2 Å². The minimum atomic E-state index is 0.375. The molecule has 3 rings (SSSR count). The Morgan fingerprint density at radius 3 is 2.71 bits per heavy atom. The maximum Gasteiger partial charge on any atom is 0.249 e. The van der Waals surface area contributed by atoms with Gasteiger partial charge in [-0.3, -0.25) is 0 Å². The Balaban J connectivity index is 1.92. The van der Waals surface area contributed by atoms with Gasteiger partial charge in [-0.15, -0.1) is 10.2 Å². The molecule has 17 heavy (non-hydrogen) atoms. The number of nitrogens with one attached hydrogen (secondary N) is 1. The Morgan fingerprint density at radius 1 is 1.24 bits per heavy atom. The van der Waals surface area contributed by atoms with Crippen molar-refractivity contribution in [3.63, 3.8) is 0 Å². The van der Waals surface area contributed by atoms with Gasteiger partial charge in [0.1, 0.15) is 0 Å². The van der Waals surface area contributed by atoms with Gasteiger partial charge in [-0.25, -0.2) is 0 Å². The molecular weight excluding hydrogens is 218 g/mol. The van der Waals surface area contributed by atoms with Crippen LogP contribution < -0.4 is 5.32 Å². The Hall–Kier alpha value is -1.88. The average molecular weight is 231 g/mol. The van der Waals surface area contributed by atoms with E-state index in [1.165, 1.54) is 0 Å². The van der Waals surface area contributed by atoms with Crippen LogP contribution in [0.3, 0.4) is 0 Å². The zero-order chi connectivity index (χ0) is 11.7. The summed E-state index contributed by atoms with van der Waals surface area (Å²) in [6, 6.07) is 8.29. The van der Waals surface area contributed by atoms with Gasteiger partial charge < -0.3 is 14.5 Å². The third kappa shape index (κ3) is 2.01. The molecule has 1 aromatic heterocycles. The SMILES string of the molecule is Cc1nnc(-c2ccccc2NC2COC2)o1. The summed E-state index contributed by atoms with van der Waals surface area (Å²) in [6.07, 6.45) is 0. The van der Waals surface area contributed by atoms with Crippen LogP contribution in [0.4, 0.5) is 5.69 Å². The summed E-state index contributed by atoms with van der Waals surface area (Å²) in [4.78, 5) is 0. The molecule has 5 nitrogen and oxygen atoms in total. The Kier molecular flexibility index (Phi) is 2.53. The van der Waals surface area contributed by atoms with Gasteiger partial charge in [0.15, 0.2) is 0 Å². The van der Waals surface area contributed by atoms with E-state index in [1.807, 2.05) is 24.3 Å². The van der Waals surface area contributed by atoms with E-state index in [4.69, 9.17) is 9.15 Å². The number of aromatic nitrogens is 2. The molecule has 0 unspecified atom stereocenters. The van der Waals surface area contributed by atoms with Gasteiger partial charge in [-0.2, -0.15) is 0 Å². The van der Waals surface area contributed by atoms with Gasteiger partial charge in [0.2, 0.25) is 11.8 Å². The smallest absolute Gasteiger partial charge is 0.249 e. The second kappa shape index (κ2) is 4.18. The highest BCUT2D eigenvalue weighted by atomic mass is 16.5.